The van der Waals surface area contributed by atoms with Crippen LogP contribution in [0.4, 0.5) is 0 Å². The van der Waals surface area contributed by atoms with E-state index in [0.717, 1.165) is 11.1 Å². The number of nitrogens with zero attached hydrogens (tertiary/aromatic N) is 5. The molecule has 0 amide bonds. The third-order valence-corrected chi connectivity index (χ3v) is 6.61. The van der Waals surface area contributed by atoms with Gasteiger partial charge in [0.1, 0.15) is 12.1 Å². The summed E-state index contributed by atoms with van der Waals surface area (Å²) in [5.74, 6) is 1.50. The van der Waals surface area contributed by atoms with Gasteiger partial charge in [-0.3, -0.25) is 0 Å². The average Bonchev–Trinajstić information content (AvgIpc) is 2.80. The standard InChI is InChI=1S/C23H11I2N5/c24-19-16(12-26)11-17(13-27)20(25)18(19)23-29-21(14-7-3-1-4-8-14)28-22(30-23)15-9-5-2-6-10-15/h1-11H. The summed E-state index contributed by atoms with van der Waals surface area (Å²) in [5, 5.41) is 19.1. The van der Waals surface area contributed by atoms with Crippen LogP contribution >= 0.6 is 45.2 Å². The maximum Gasteiger partial charge on any atom is 0.166 e. The fourth-order valence-electron chi connectivity index (χ4n) is 2.92. The van der Waals surface area contributed by atoms with Gasteiger partial charge in [-0.2, -0.15) is 10.5 Å². The van der Waals surface area contributed by atoms with Crippen molar-refractivity contribution in [2.45, 2.75) is 0 Å². The topological polar surface area (TPSA) is 86.2 Å². The lowest BCUT2D eigenvalue weighted by Gasteiger charge is -2.12. The van der Waals surface area contributed by atoms with Gasteiger partial charge in [0.05, 0.1) is 11.1 Å². The summed E-state index contributed by atoms with van der Waals surface area (Å²) < 4.78 is 1.42. The SMILES string of the molecule is N#Cc1cc(C#N)c(I)c(-c2nc(-c3ccccc3)nc(-c3ccccc3)n2)c1I. The molecule has 0 saturated heterocycles. The molecule has 0 aliphatic carbocycles. The summed E-state index contributed by atoms with van der Waals surface area (Å²) in [6.45, 7) is 0. The molecule has 1 heterocycles. The smallest absolute Gasteiger partial charge is 0.166 e. The second kappa shape index (κ2) is 8.86. The molecule has 1 aromatic heterocycles. The van der Waals surface area contributed by atoms with Gasteiger partial charge in [0, 0.05) is 23.8 Å². The van der Waals surface area contributed by atoms with Gasteiger partial charge in [0.15, 0.2) is 17.5 Å². The fraction of sp³-hybridized carbons (Fsp3) is 0. The number of hydrogen-bond acceptors (Lipinski definition) is 5. The zero-order valence-electron chi connectivity index (χ0n) is 15.3. The number of nitriles is 2. The highest BCUT2D eigenvalue weighted by atomic mass is 127. The molecule has 0 bridgehead atoms. The molecule has 3 aromatic carbocycles. The van der Waals surface area contributed by atoms with Gasteiger partial charge in [0.25, 0.3) is 0 Å². The number of rotatable bonds is 3. The van der Waals surface area contributed by atoms with Crippen molar-refractivity contribution in [2.24, 2.45) is 0 Å². The van der Waals surface area contributed by atoms with E-state index in [1.165, 1.54) is 0 Å². The van der Waals surface area contributed by atoms with Crippen LogP contribution in [0.2, 0.25) is 0 Å². The lowest BCUT2D eigenvalue weighted by atomic mass is 10.1. The lowest BCUT2D eigenvalue weighted by molar-refractivity contribution is 1.07. The van der Waals surface area contributed by atoms with Gasteiger partial charge in [-0.05, 0) is 51.2 Å². The first-order valence-electron chi connectivity index (χ1n) is 8.82. The molecule has 30 heavy (non-hydrogen) atoms. The molecule has 0 saturated carbocycles. The van der Waals surface area contributed by atoms with Crippen molar-refractivity contribution in [1.29, 1.82) is 10.5 Å². The Morgan fingerprint density at radius 3 is 1.40 bits per heavy atom. The fourth-order valence-corrected chi connectivity index (χ4v) is 5.01. The molecular weight excluding hydrogens is 600 g/mol. The van der Waals surface area contributed by atoms with Gasteiger partial charge in [-0.1, -0.05) is 60.7 Å². The van der Waals surface area contributed by atoms with Crippen molar-refractivity contribution in [3.05, 3.63) is 85.0 Å². The molecule has 5 nitrogen and oxygen atoms in total. The Hall–Kier alpha value is -2.89. The highest BCUT2D eigenvalue weighted by Gasteiger charge is 2.21. The first-order chi connectivity index (χ1) is 14.6. The van der Waals surface area contributed by atoms with E-state index >= 15 is 0 Å². The van der Waals surface area contributed by atoms with Gasteiger partial charge in [-0.25, -0.2) is 15.0 Å². The van der Waals surface area contributed by atoms with Crippen molar-refractivity contribution >= 4 is 45.2 Å². The summed E-state index contributed by atoms with van der Waals surface area (Å²) >= 11 is 4.24. The number of aromatic nitrogens is 3. The van der Waals surface area contributed by atoms with Gasteiger partial charge in [-0.15, -0.1) is 0 Å². The van der Waals surface area contributed by atoms with Crippen LogP contribution in [0.3, 0.4) is 0 Å². The van der Waals surface area contributed by atoms with E-state index in [0.29, 0.717) is 41.3 Å². The van der Waals surface area contributed by atoms with Crippen molar-refractivity contribution in [1.82, 2.24) is 15.0 Å². The van der Waals surface area contributed by atoms with E-state index < -0.39 is 0 Å². The Kier molecular flexibility index (Phi) is 6.02. The van der Waals surface area contributed by atoms with E-state index in [1.807, 2.05) is 60.7 Å². The minimum absolute atomic E-state index is 0.422. The predicted molar refractivity (Wildman–Crippen MR) is 131 cm³/mol. The third kappa shape index (κ3) is 3.91. The van der Waals surface area contributed by atoms with Crippen LogP contribution in [-0.2, 0) is 0 Å². The predicted octanol–water partition coefficient (Wildman–Crippen LogP) is 5.83. The molecule has 0 spiro atoms. The Morgan fingerprint density at radius 2 is 1.00 bits per heavy atom. The minimum atomic E-state index is 0.422. The second-order valence-electron chi connectivity index (χ2n) is 6.24. The molecule has 4 aromatic rings. The van der Waals surface area contributed by atoms with Crippen LogP contribution in [0.5, 0.6) is 0 Å². The highest BCUT2D eigenvalue weighted by Crippen LogP contribution is 2.34. The zero-order valence-corrected chi connectivity index (χ0v) is 19.7. The van der Waals surface area contributed by atoms with E-state index in [1.54, 1.807) is 6.07 Å². The normalized spacial score (nSPS) is 10.3. The maximum atomic E-state index is 9.55. The van der Waals surface area contributed by atoms with Crippen LogP contribution in [0.25, 0.3) is 34.2 Å². The van der Waals surface area contributed by atoms with Crippen LogP contribution in [0, 0.1) is 29.8 Å². The van der Waals surface area contributed by atoms with Crippen molar-refractivity contribution < 1.29 is 0 Å². The summed E-state index contributed by atoms with van der Waals surface area (Å²) in [6.07, 6.45) is 0. The highest BCUT2D eigenvalue weighted by molar-refractivity contribution is 14.1. The van der Waals surface area contributed by atoms with E-state index in [9.17, 15) is 10.5 Å². The van der Waals surface area contributed by atoms with Crippen LogP contribution < -0.4 is 0 Å². The molecular formula is C23H11I2N5. The van der Waals surface area contributed by atoms with E-state index in [-0.39, 0.29) is 0 Å². The second-order valence-corrected chi connectivity index (χ2v) is 8.39. The molecule has 142 valence electrons. The van der Waals surface area contributed by atoms with Crippen LogP contribution in [0.1, 0.15) is 11.1 Å². The summed E-state index contributed by atoms with van der Waals surface area (Å²) in [4.78, 5) is 14.1. The first kappa shape index (κ1) is 20.4. The Bertz CT molecular complexity index is 1230. The first-order valence-corrected chi connectivity index (χ1v) is 11.0. The summed E-state index contributed by atoms with van der Waals surface area (Å²) in [5.41, 5.74) is 3.24. The molecule has 0 radical (unpaired) electrons. The molecule has 7 heteroatoms. The van der Waals surface area contributed by atoms with Crippen LogP contribution in [-0.4, -0.2) is 15.0 Å². The number of benzene rings is 3. The third-order valence-electron chi connectivity index (χ3n) is 4.36. The van der Waals surface area contributed by atoms with Gasteiger partial charge >= 0.3 is 0 Å². The molecule has 0 aliphatic heterocycles. The van der Waals surface area contributed by atoms with Crippen molar-refractivity contribution in [3.63, 3.8) is 0 Å². The molecule has 0 unspecified atom stereocenters. The summed E-state index contributed by atoms with van der Waals surface area (Å²) in [7, 11) is 0. The van der Waals surface area contributed by atoms with Crippen molar-refractivity contribution in [2.75, 3.05) is 0 Å². The van der Waals surface area contributed by atoms with Crippen LogP contribution in [0.15, 0.2) is 66.7 Å². The monoisotopic (exact) mass is 611 g/mol. The maximum absolute atomic E-state index is 9.55. The zero-order chi connectivity index (χ0) is 21.1. The number of hydrogen-bond donors (Lipinski definition) is 0. The molecule has 4 rings (SSSR count). The van der Waals surface area contributed by atoms with Gasteiger partial charge in [0.2, 0.25) is 0 Å². The molecule has 0 aliphatic rings. The quantitative estimate of drug-likeness (QED) is 0.273. The van der Waals surface area contributed by atoms with Gasteiger partial charge < -0.3 is 0 Å². The Balaban J connectivity index is 2.05. The summed E-state index contributed by atoms with van der Waals surface area (Å²) in [6, 6.07) is 25.3. The molecule has 0 fully saturated rings. The average molecular weight is 611 g/mol. The number of halogens is 2. The Labute approximate surface area is 200 Å². The molecule has 0 atom stereocenters. The van der Waals surface area contributed by atoms with E-state index in [2.05, 4.69) is 62.3 Å². The van der Waals surface area contributed by atoms with Crippen molar-refractivity contribution in [3.8, 4) is 46.3 Å². The Morgan fingerprint density at radius 1 is 0.600 bits per heavy atom. The largest absolute Gasteiger partial charge is 0.208 e. The van der Waals surface area contributed by atoms with E-state index in [4.69, 9.17) is 9.97 Å². The molecule has 0 N–H and O–H groups in total. The minimum Gasteiger partial charge on any atom is -0.208 e. The lowest BCUT2D eigenvalue weighted by Crippen LogP contribution is -2.04.